The molecule has 8 aliphatic rings. The normalized spacial score (nSPS) is 29.2. The zero-order valence-corrected chi connectivity index (χ0v) is 39.7. The number of methoxy groups -OCH3 is 1. The van der Waals surface area contributed by atoms with E-state index in [9.17, 15) is 19.6 Å². The summed E-state index contributed by atoms with van der Waals surface area (Å²) in [5.74, 6) is -2.75. The quantitative estimate of drug-likeness (QED) is 0.0834. The average Bonchev–Trinajstić information content (AvgIpc) is 3.39. The number of hydrogen-bond acceptors (Lipinski definition) is 13. The van der Waals surface area contributed by atoms with E-state index in [0.29, 0.717) is 90.5 Å². The van der Waals surface area contributed by atoms with Crippen LogP contribution in [-0.2, 0) is 35.1 Å². The van der Waals surface area contributed by atoms with Gasteiger partial charge in [0.1, 0.15) is 29.3 Å². The van der Waals surface area contributed by atoms with Crippen molar-refractivity contribution in [3.05, 3.63) is 74.7 Å². The number of fused-ring (bicyclic) bond motifs is 3. The molecule has 346 valence electrons. The number of likely N-dealkylation sites (N-methyl/N-ethyl adjacent to an activating group) is 1. The highest BCUT2D eigenvalue weighted by molar-refractivity contribution is 6.02. The van der Waals surface area contributed by atoms with Crippen molar-refractivity contribution in [1.29, 1.82) is 5.26 Å². The number of carbonyl (C=O) groups excluding carboxylic acids is 4. The van der Waals surface area contributed by atoms with Crippen LogP contribution >= 0.6 is 0 Å². The van der Waals surface area contributed by atoms with Gasteiger partial charge in [-0.05, 0) is 100 Å². The fourth-order valence-corrected chi connectivity index (χ4v) is 11.5. The zero-order valence-electron chi connectivity index (χ0n) is 39.7. The number of nitriles is 1. The number of nitrogens with zero attached hydrogens (tertiary/aromatic N) is 4. The number of ketones is 1. The molecule has 2 saturated heterocycles. The number of hydrogen-bond donors (Lipinski definition) is 1. The Kier molecular flexibility index (Phi) is 11.5. The van der Waals surface area contributed by atoms with Gasteiger partial charge in [-0.25, -0.2) is 4.79 Å². The molecule has 5 fully saturated rings. The molecular weight excluding hydrogens is 827 g/mol. The van der Waals surface area contributed by atoms with E-state index in [4.69, 9.17) is 29.4 Å². The molecule has 14 heteroatoms. The molecule has 5 aliphatic heterocycles. The topological polar surface area (TPSA) is 174 Å². The summed E-state index contributed by atoms with van der Waals surface area (Å²) in [4.78, 5) is 62.0. The molecule has 1 aromatic rings. The monoisotopic (exact) mass is 889 g/mol. The van der Waals surface area contributed by atoms with Crippen molar-refractivity contribution in [3.63, 3.8) is 0 Å². The fourth-order valence-electron chi connectivity index (χ4n) is 11.5. The third kappa shape index (κ3) is 7.12. The van der Waals surface area contributed by atoms with Crippen LogP contribution in [0.4, 0.5) is 0 Å². The Hall–Kier alpha value is -5.65. The zero-order chi connectivity index (χ0) is 47.1. The molecule has 1 aromatic carbocycles. The third-order valence-electron chi connectivity index (χ3n) is 14.8. The molecule has 4 bridgehead atoms. The second kappa shape index (κ2) is 16.3. The summed E-state index contributed by atoms with van der Waals surface area (Å²) in [6, 6.07) is 2.37. The third-order valence-corrected chi connectivity index (χ3v) is 14.8. The van der Waals surface area contributed by atoms with Crippen molar-refractivity contribution in [2.75, 3.05) is 47.4 Å². The van der Waals surface area contributed by atoms with E-state index in [1.54, 1.807) is 29.8 Å². The first-order valence-electron chi connectivity index (χ1n) is 22.8. The molecule has 6 unspecified atom stereocenters. The van der Waals surface area contributed by atoms with Gasteiger partial charge >= 0.3 is 11.9 Å². The average molecular weight is 890 g/mol. The lowest BCUT2D eigenvalue weighted by Crippen LogP contribution is -2.75. The highest BCUT2D eigenvalue weighted by atomic mass is 16.6. The van der Waals surface area contributed by atoms with Crippen LogP contribution in [0, 0.1) is 29.1 Å². The van der Waals surface area contributed by atoms with Gasteiger partial charge in [-0.1, -0.05) is 29.4 Å². The van der Waals surface area contributed by atoms with Crippen molar-refractivity contribution in [2.45, 2.75) is 116 Å². The minimum atomic E-state index is -1.67. The van der Waals surface area contributed by atoms with Crippen LogP contribution < -0.4 is 19.9 Å². The number of rotatable bonds is 11. The minimum absolute atomic E-state index is 0.0288. The second-order valence-electron chi connectivity index (χ2n) is 20.1. The summed E-state index contributed by atoms with van der Waals surface area (Å²) in [7, 11) is 5.07. The Labute approximate surface area is 382 Å². The number of benzene rings is 1. The van der Waals surface area contributed by atoms with Crippen molar-refractivity contribution in [2.24, 2.45) is 23.5 Å². The van der Waals surface area contributed by atoms with Gasteiger partial charge in [-0.2, -0.15) is 5.26 Å². The lowest BCUT2D eigenvalue weighted by Gasteiger charge is -2.63. The van der Waals surface area contributed by atoms with Crippen LogP contribution in [0.1, 0.15) is 104 Å². The van der Waals surface area contributed by atoms with Crippen LogP contribution in [0.15, 0.2) is 58.0 Å². The number of Topliss-reactive ketones (excluding diaryl/α,β-unsaturated/α-hetero) is 1. The maximum absolute atomic E-state index is 15.5. The predicted molar refractivity (Wildman–Crippen MR) is 244 cm³/mol. The van der Waals surface area contributed by atoms with Gasteiger partial charge in [0, 0.05) is 74.1 Å². The number of esters is 2. The van der Waals surface area contributed by atoms with Gasteiger partial charge in [-0.15, -0.1) is 0 Å². The predicted octanol–water partition coefficient (Wildman–Crippen LogP) is 6.55. The molecule has 5 heterocycles. The van der Waals surface area contributed by atoms with Gasteiger partial charge in [0.2, 0.25) is 5.91 Å². The van der Waals surface area contributed by atoms with E-state index >= 15 is 4.79 Å². The van der Waals surface area contributed by atoms with Crippen molar-refractivity contribution in [1.82, 2.24) is 14.7 Å². The van der Waals surface area contributed by atoms with E-state index in [2.05, 4.69) is 37.0 Å². The van der Waals surface area contributed by atoms with Crippen molar-refractivity contribution < 1.29 is 42.9 Å². The summed E-state index contributed by atoms with van der Waals surface area (Å²) in [6.07, 6.45) is 11.4. The molecule has 3 aliphatic carbocycles. The van der Waals surface area contributed by atoms with Gasteiger partial charge in [0.15, 0.2) is 22.7 Å². The highest BCUT2D eigenvalue weighted by Gasteiger charge is 2.84. The molecule has 0 radical (unpaired) electrons. The first-order chi connectivity index (χ1) is 30.6. The summed E-state index contributed by atoms with van der Waals surface area (Å²) in [5, 5.41) is 10.9. The van der Waals surface area contributed by atoms with Gasteiger partial charge in [0.05, 0.1) is 41.2 Å². The van der Waals surface area contributed by atoms with E-state index in [-0.39, 0.29) is 35.3 Å². The summed E-state index contributed by atoms with van der Waals surface area (Å²) in [5.41, 5.74) is 7.57. The first kappa shape index (κ1) is 45.9. The Morgan fingerprint density at radius 1 is 0.985 bits per heavy atom. The fraction of sp³-hybridized carbons (Fsp3) is 0.549. The standard InChI is InChI=1S/C51H63N5O9/c1-28(2)13-12-18-49(8)19-17-32-42(63-49)31(15-14-29(3)4)44-39(43(32)62-37(58)26-36(57)56-23-21-54(9)22-24-56)41-40-38(34(27-52)46(53)55(41)10)33-25-35-48(6,7)65-50(45(33)59,51(35,40)64-44)20-16-30(5)47(60)61-11/h13-14,16-17,19,33,35,38H,12,15,18,20-26,53H2,1-11H3/b30-16-. The molecule has 65 heavy (non-hydrogen) atoms. The lowest BCUT2D eigenvalue weighted by molar-refractivity contribution is -0.181. The van der Waals surface area contributed by atoms with Crippen molar-refractivity contribution in [3.8, 4) is 23.3 Å². The maximum Gasteiger partial charge on any atom is 0.333 e. The number of carbonyl (C=O) groups is 4. The smallest absolute Gasteiger partial charge is 0.333 e. The largest absolute Gasteiger partial charge is 0.482 e. The SMILES string of the molecule is COC(=O)/C(C)=C\CC12OC(C)(C)C3CC(C1=O)C1C(C#N)=C(N)N(C)C4=C1C32Oc1c(CC=C(C)C)c2c(c(OC(=O)CC(=O)N3CCN(C)CC3)c14)C=CC(C)(CCC=C(C)C)O2. The second-order valence-corrected chi connectivity index (χ2v) is 20.1. The van der Waals surface area contributed by atoms with E-state index in [0.717, 1.165) is 12.0 Å². The molecule has 14 nitrogen and oxygen atoms in total. The number of ether oxygens (including phenoxy) is 5. The maximum atomic E-state index is 15.5. The van der Waals surface area contributed by atoms with Crippen LogP contribution in [0.25, 0.3) is 11.8 Å². The Morgan fingerprint density at radius 2 is 1.68 bits per heavy atom. The van der Waals surface area contributed by atoms with Crippen molar-refractivity contribution >= 4 is 35.4 Å². The van der Waals surface area contributed by atoms with E-state index in [1.807, 2.05) is 53.8 Å². The van der Waals surface area contributed by atoms with Crippen LogP contribution in [0.2, 0.25) is 0 Å². The first-order valence-corrected chi connectivity index (χ1v) is 22.8. The highest BCUT2D eigenvalue weighted by Crippen LogP contribution is 2.74. The Balaban J connectivity index is 1.43. The lowest BCUT2D eigenvalue weighted by atomic mass is 9.44. The Bertz CT molecular complexity index is 2510. The van der Waals surface area contributed by atoms with Gasteiger partial charge < -0.3 is 44.1 Å². The number of allylic oxidation sites excluding steroid dienone is 5. The van der Waals surface area contributed by atoms with Gasteiger partial charge in [0.25, 0.3) is 0 Å². The van der Waals surface area contributed by atoms with Crippen LogP contribution in [-0.4, -0.2) is 108 Å². The summed E-state index contributed by atoms with van der Waals surface area (Å²) in [6.45, 7) is 18.1. The molecule has 1 spiro atoms. The van der Waals surface area contributed by atoms with E-state index < -0.39 is 58.5 Å². The van der Waals surface area contributed by atoms with E-state index in [1.165, 1.54) is 12.7 Å². The van der Waals surface area contributed by atoms with Crippen LogP contribution in [0.3, 0.4) is 0 Å². The molecule has 6 atom stereocenters. The van der Waals surface area contributed by atoms with Gasteiger partial charge in [-0.3, -0.25) is 14.4 Å². The Morgan fingerprint density at radius 3 is 2.32 bits per heavy atom. The minimum Gasteiger partial charge on any atom is -0.482 e. The van der Waals surface area contributed by atoms with Crippen LogP contribution in [0.5, 0.6) is 17.2 Å². The molecule has 1 amide bonds. The number of amides is 1. The molecule has 3 saturated carbocycles. The number of piperazine rings is 1. The molecule has 2 N–H and O–H groups in total. The number of nitrogens with two attached hydrogens (primary N) is 1. The molecule has 0 aromatic heterocycles. The molecule has 9 rings (SSSR count). The summed E-state index contributed by atoms with van der Waals surface area (Å²) < 4.78 is 33.7. The molecular formula is C51H63N5O9. The summed E-state index contributed by atoms with van der Waals surface area (Å²) >= 11 is 0.